The van der Waals surface area contributed by atoms with Crippen LogP contribution in [-0.2, 0) is 6.42 Å². The molecule has 0 radical (unpaired) electrons. The molecule has 0 aliphatic heterocycles. The summed E-state index contributed by atoms with van der Waals surface area (Å²) in [6.07, 6.45) is 7.13. The number of carbonyl (C=O) groups is 1. The van der Waals surface area contributed by atoms with Crippen LogP contribution in [0.4, 0.5) is 0 Å². The number of rotatable bonds is 3. The fourth-order valence-corrected chi connectivity index (χ4v) is 1.81. The lowest BCUT2D eigenvalue weighted by Gasteiger charge is -2.08. The van der Waals surface area contributed by atoms with E-state index in [0.717, 1.165) is 23.3 Å². The molecular weight excluding hydrogens is 188 g/mol. The first kappa shape index (κ1) is 9.79. The van der Waals surface area contributed by atoms with E-state index in [4.69, 9.17) is 11.2 Å². The van der Waals surface area contributed by atoms with Crippen LogP contribution in [0.2, 0.25) is 0 Å². The number of terminal acetylenes is 1. The normalized spacial score (nSPS) is 13.4. The van der Waals surface area contributed by atoms with Gasteiger partial charge in [0.05, 0.1) is 6.61 Å². The molecule has 0 atom stereocenters. The third-order valence-corrected chi connectivity index (χ3v) is 2.54. The fourth-order valence-electron chi connectivity index (χ4n) is 1.81. The average molecular weight is 200 g/mol. The maximum atomic E-state index is 11.5. The van der Waals surface area contributed by atoms with Crippen molar-refractivity contribution in [1.29, 1.82) is 0 Å². The standard InChI is InChI=1S/C13H12O2/c1-2-3-9-15-13-6-4-5-10-11(13)7-8-12(10)14/h1,4-6H,3,7-9H2. The fraction of sp³-hybridized carbons (Fsp3) is 0.308. The van der Waals surface area contributed by atoms with Gasteiger partial charge in [0.1, 0.15) is 5.75 Å². The van der Waals surface area contributed by atoms with Crippen LogP contribution in [0.15, 0.2) is 18.2 Å². The lowest BCUT2D eigenvalue weighted by molar-refractivity contribution is 0.0994. The Kier molecular flexibility index (Phi) is 2.73. The largest absolute Gasteiger partial charge is 0.492 e. The molecule has 0 unspecified atom stereocenters. The van der Waals surface area contributed by atoms with Crippen molar-refractivity contribution in [3.63, 3.8) is 0 Å². The van der Waals surface area contributed by atoms with E-state index in [-0.39, 0.29) is 5.78 Å². The zero-order valence-corrected chi connectivity index (χ0v) is 8.45. The number of ketones is 1. The van der Waals surface area contributed by atoms with Gasteiger partial charge in [-0.05, 0) is 12.5 Å². The van der Waals surface area contributed by atoms with Crippen LogP contribution in [0.3, 0.4) is 0 Å². The van der Waals surface area contributed by atoms with Gasteiger partial charge in [0.15, 0.2) is 5.78 Å². The molecule has 0 fully saturated rings. The smallest absolute Gasteiger partial charge is 0.163 e. The second-order valence-corrected chi connectivity index (χ2v) is 3.51. The summed E-state index contributed by atoms with van der Waals surface area (Å²) >= 11 is 0. The van der Waals surface area contributed by atoms with Crippen LogP contribution in [0.5, 0.6) is 5.75 Å². The van der Waals surface area contributed by atoms with Gasteiger partial charge in [0.25, 0.3) is 0 Å². The topological polar surface area (TPSA) is 26.3 Å². The molecule has 0 N–H and O–H groups in total. The van der Waals surface area contributed by atoms with Gasteiger partial charge in [-0.1, -0.05) is 12.1 Å². The molecular formula is C13H12O2. The Morgan fingerprint density at radius 3 is 3.07 bits per heavy atom. The monoisotopic (exact) mass is 200 g/mol. The Hall–Kier alpha value is -1.75. The van der Waals surface area contributed by atoms with Gasteiger partial charge in [-0.2, -0.15) is 0 Å². The highest BCUT2D eigenvalue weighted by molar-refractivity contribution is 6.01. The van der Waals surface area contributed by atoms with E-state index in [1.807, 2.05) is 18.2 Å². The number of benzene rings is 1. The van der Waals surface area contributed by atoms with Crippen LogP contribution in [0, 0.1) is 12.3 Å². The van der Waals surface area contributed by atoms with Crippen LogP contribution in [-0.4, -0.2) is 12.4 Å². The third-order valence-electron chi connectivity index (χ3n) is 2.54. The van der Waals surface area contributed by atoms with Gasteiger partial charge in [0.2, 0.25) is 0 Å². The van der Waals surface area contributed by atoms with Crippen molar-refractivity contribution in [2.45, 2.75) is 19.3 Å². The average Bonchev–Trinajstić information content (AvgIpc) is 2.62. The summed E-state index contributed by atoms with van der Waals surface area (Å²) in [4.78, 5) is 11.5. The van der Waals surface area contributed by atoms with Crippen LogP contribution in [0.1, 0.15) is 28.8 Å². The molecule has 2 rings (SSSR count). The van der Waals surface area contributed by atoms with Crippen molar-refractivity contribution >= 4 is 5.78 Å². The van der Waals surface area contributed by atoms with E-state index in [2.05, 4.69) is 5.92 Å². The summed E-state index contributed by atoms with van der Waals surface area (Å²) < 4.78 is 5.54. The van der Waals surface area contributed by atoms with Gasteiger partial charge >= 0.3 is 0 Å². The predicted molar refractivity (Wildman–Crippen MR) is 58.0 cm³/mol. The van der Waals surface area contributed by atoms with E-state index in [1.54, 1.807) is 0 Å². The Morgan fingerprint density at radius 2 is 2.27 bits per heavy atom. The second kappa shape index (κ2) is 4.18. The molecule has 76 valence electrons. The maximum absolute atomic E-state index is 11.5. The molecule has 2 heteroatoms. The number of hydrogen-bond acceptors (Lipinski definition) is 2. The van der Waals surface area contributed by atoms with Gasteiger partial charge in [-0.15, -0.1) is 12.3 Å². The second-order valence-electron chi connectivity index (χ2n) is 3.51. The maximum Gasteiger partial charge on any atom is 0.163 e. The summed E-state index contributed by atoms with van der Waals surface area (Å²) in [6.45, 7) is 0.515. The first-order valence-corrected chi connectivity index (χ1v) is 5.04. The third kappa shape index (κ3) is 1.87. The summed E-state index contributed by atoms with van der Waals surface area (Å²) in [5.41, 5.74) is 1.85. The molecule has 1 aliphatic carbocycles. The SMILES string of the molecule is C#CCCOc1cccc2c1CCC2=O. The molecule has 0 amide bonds. The zero-order chi connectivity index (χ0) is 10.7. The Labute approximate surface area is 89.3 Å². The molecule has 1 aromatic rings. The molecule has 0 aromatic heterocycles. The minimum atomic E-state index is 0.215. The summed E-state index contributed by atoms with van der Waals surface area (Å²) in [7, 11) is 0. The number of hydrogen-bond donors (Lipinski definition) is 0. The number of fused-ring (bicyclic) bond motifs is 1. The minimum Gasteiger partial charge on any atom is -0.492 e. The molecule has 0 heterocycles. The van der Waals surface area contributed by atoms with Crippen molar-refractivity contribution in [2.24, 2.45) is 0 Å². The highest BCUT2D eigenvalue weighted by atomic mass is 16.5. The number of carbonyl (C=O) groups excluding carboxylic acids is 1. The zero-order valence-electron chi connectivity index (χ0n) is 8.45. The predicted octanol–water partition coefficient (Wildman–Crippen LogP) is 2.22. The molecule has 0 bridgehead atoms. The van der Waals surface area contributed by atoms with E-state index in [1.165, 1.54) is 0 Å². The Balaban J connectivity index is 2.19. The molecule has 15 heavy (non-hydrogen) atoms. The number of ether oxygens (including phenoxy) is 1. The van der Waals surface area contributed by atoms with Gasteiger partial charge < -0.3 is 4.74 Å². The Bertz CT molecular complexity index is 427. The highest BCUT2D eigenvalue weighted by Crippen LogP contribution is 2.30. The van der Waals surface area contributed by atoms with E-state index in [9.17, 15) is 4.79 Å². The van der Waals surface area contributed by atoms with Gasteiger partial charge in [-0.25, -0.2) is 0 Å². The lowest BCUT2D eigenvalue weighted by atomic mass is 10.1. The van der Waals surface area contributed by atoms with Gasteiger partial charge in [0, 0.05) is 24.0 Å². The molecule has 1 aliphatic rings. The Morgan fingerprint density at radius 1 is 1.40 bits per heavy atom. The summed E-state index contributed by atoms with van der Waals surface area (Å²) in [5.74, 6) is 3.55. The minimum absolute atomic E-state index is 0.215. The van der Waals surface area contributed by atoms with Crippen molar-refractivity contribution in [2.75, 3.05) is 6.61 Å². The van der Waals surface area contributed by atoms with Crippen LogP contribution < -0.4 is 4.74 Å². The van der Waals surface area contributed by atoms with Crippen LogP contribution >= 0.6 is 0 Å². The lowest BCUT2D eigenvalue weighted by Crippen LogP contribution is -1.99. The molecule has 2 nitrogen and oxygen atoms in total. The van der Waals surface area contributed by atoms with E-state index >= 15 is 0 Å². The van der Waals surface area contributed by atoms with Crippen LogP contribution in [0.25, 0.3) is 0 Å². The summed E-state index contributed by atoms with van der Waals surface area (Å²) in [6, 6.07) is 5.61. The van der Waals surface area contributed by atoms with Crippen molar-refractivity contribution in [3.05, 3.63) is 29.3 Å². The first-order chi connectivity index (χ1) is 7.33. The van der Waals surface area contributed by atoms with Crippen molar-refractivity contribution < 1.29 is 9.53 Å². The molecule has 0 saturated carbocycles. The van der Waals surface area contributed by atoms with E-state index in [0.29, 0.717) is 19.4 Å². The molecule has 0 saturated heterocycles. The molecule has 1 aromatic carbocycles. The summed E-state index contributed by atoms with van der Waals surface area (Å²) in [5, 5.41) is 0. The molecule has 0 spiro atoms. The van der Waals surface area contributed by atoms with Crippen molar-refractivity contribution in [3.8, 4) is 18.1 Å². The van der Waals surface area contributed by atoms with Crippen molar-refractivity contribution in [1.82, 2.24) is 0 Å². The van der Waals surface area contributed by atoms with E-state index < -0.39 is 0 Å². The first-order valence-electron chi connectivity index (χ1n) is 5.04. The quantitative estimate of drug-likeness (QED) is 0.552. The highest BCUT2D eigenvalue weighted by Gasteiger charge is 2.22. The van der Waals surface area contributed by atoms with Gasteiger partial charge in [-0.3, -0.25) is 4.79 Å². The number of Topliss-reactive ketones (excluding diaryl/α,β-unsaturated/α-hetero) is 1.